The zero-order valence-electron chi connectivity index (χ0n) is 6.78. The van der Waals surface area contributed by atoms with Gasteiger partial charge in [-0.2, -0.15) is 4.39 Å². The van der Waals surface area contributed by atoms with E-state index in [-0.39, 0.29) is 0 Å². The third kappa shape index (κ3) is 1.60. The van der Waals surface area contributed by atoms with Gasteiger partial charge in [0.15, 0.2) is 17.5 Å². The minimum absolute atomic E-state index is 0.711. The number of hydrogen-bond donors (Lipinski definition) is 0. The van der Waals surface area contributed by atoms with Crippen LogP contribution in [0.5, 0.6) is 5.75 Å². The molecule has 0 fully saturated rings. The van der Waals surface area contributed by atoms with Gasteiger partial charge in [-0.05, 0) is 0 Å². The summed E-state index contributed by atoms with van der Waals surface area (Å²) in [6.07, 6.45) is 0.711. The third-order valence-electron chi connectivity index (χ3n) is 1.46. The molecule has 0 radical (unpaired) electrons. The highest BCUT2D eigenvalue weighted by atomic mass is 31.0. The molecule has 0 amide bonds. The second-order valence-corrected chi connectivity index (χ2v) is 2.86. The Morgan fingerprint density at radius 3 is 2.07 bits per heavy atom. The topological polar surface area (TPSA) is 9.23 Å². The zero-order chi connectivity index (χ0) is 10.9. The smallest absolute Gasteiger partial charge is 0.207 e. The summed E-state index contributed by atoms with van der Waals surface area (Å²) in [7, 11) is 1.61. The van der Waals surface area contributed by atoms with E-state index in [0.29, 0.717) is 6.26 Å². The number of benzene rings is 1. The van der Waals surface area contributed by atoms with Crippen LogP contribution in [0.25, 0.3) is 0 Å². The molecule has 76 valence electrons. The van der Waals surface area contributed by atoms with Crippen molar-refractivity contribution < 1.29 is 22.3 Å². The molecule has 1 atom stereocenters. The summed E-state index contributed by atoms with van der Waals surface area (Å²) in [6, 6.07) is 0. The predicted octanol–water partition coefficient (Wildman–Crippen LogP) is 2.27. The maximum Gasteiger partial charge on any atom is 0.207 e. The molecule has 0 aliphatic rings. The van der Waals surface area contributed by atoms with Crippen molar-refractivity contribution in [2.24, 2.45) is 0 Å². The Balaban J connectivity index is 3.50. The molecule has 1 rings (SSSR count). The fourth-order valence-electron chi connectivity index (χ4n) is 0.816. The Labute approximate surface area is 79.6 Å². The molecule has 0 aliphatic heterocycles. The second-order valence-electron chi connectivity index (χ2n) is 2.28. The van der Waals surface area contributed by atoms with Gasteiger partial charge in [0.2, 0.25) is 11.6 Å². The van der Waals surface area contributed by atoms with Crippen LogP contribution in [0, 0.1) is 23.3 Å². The van der Waals surface area contributed by atoms with Crippen LogP contribution in [0.1, 0.15) is 0 Å². The first-order valence-corrected chi connectivity index (χ1v) is 3.97. The summed E-state index contributed by atoms with van der Waals surface area (Å²) < 4.78 is 55.6. The molecule has 1 unspecified atom stereocenters. The highest BCUT2D eigenvalue weighted by molar-refractivity contribution is 7.27. The summed E-state index contributed by atoms with van der Waals surface area (Å²) in [6.45, 7) is 3.04. The van der Waals surface area contributed by atoms with E-state index in [0.717, 1.165) is 0 Å². The Hall–Kier alpha value is -1.09. The van der Waals surface area contributed by atoms with Crippen LogP contribution in [-0.2, 0) is 0 Å². The quantitative estimate of drug-likeness (QED) is 0.246. The molecule has 0 spiro atoms. The highest BCUT2D eigenvalue weighted by Gasteiger charge is 2.23. The minimum atomic E-state index is -1.78. The van der Waals surface area contributed by atoms with Gasteiger partial charge >= 0.3 is 0 Å². The standard InChI is InChI=1S/C8H5F4OP/c1-2-13-7-4(10)3(9)5(11)8(14)6(7)12/h2H,1,14H2. The van der Waals surface area contributed by atoms with Crippen LogP contribution >= 0.6 is 9.24 Å². The van der Waals surface area contributed by atoms with Crippen LogP contribution < -0.4 is 10.0 Å². The molecule has 1 aromatic carbocycles. The van der Waals surface area contributed by atoms with E-state index < -0.39 is 34.3 Å². The summed E-state index contributed by atoms with van der Waals surface area (Å²) in [5.41, 5.74) is 0. The Bertz CT molecular complexity index is 362. The van der Waals surface area contributed by atoms with Crippen LogP contribution in [-0.4, -0.2) is 0 Å². The van der Waals surface area contributed by atoms with E-state index in [9.17, 15) is 17.6 Å². The Kier molecular flexibility index (Phi) is 3.11. The third-order valence-corrected chi connectivity index (χ3v) is 1.97. The van der Waals surface area contributed by atoms with Gasteiger partial charge in [0, 0.05) is 5.30 Å². The first-order valence-electron chi connectivity index (χ1n) is 3.39. The number of hydrogen-bond acceptors (Lipinski definition) is 1. The SMILES string of the molecule is C=COc1c(F)c(F)c(F)c(P)c1F. The molecule has 0 N–H and O–H groups in total. The minimum Gasteiger partial charge on any atom is -0.459 e. The van der Waals surface area contributed by atoms with Gasteiger partial charge in [-0.3, -0.25) is 0 Å². The summed E-state index contributed by atoms with van der Waals surface area (Å²) >= 11 is 0. The number of rotatable bonds is 2. The second kappa shape index (κ2) is 3.96. The Morgan fingerprint density at radius 2 is 1.57 bits per heavy atom. The van der Waals surface area contributed by atoms with Gasteiger partial charge in [-0.25, -0.2) is 13.2 Å². The lowest BCUT2D eigenvalue weighted by Crippen LogP contribution is -2.12. The molecule has 0 bridgehead atoms. The van der Waals surface area contributed by atoms with Gasteiger partial charge in [-0.15, -0.1) is 0 Å². The maximum atomic E-state index is 13.1. The summed E-state index contributed by atoms with van der Waals surface area (Å²) in [5.74, 6) is -7.42. The average molecular weight is 224 g/mol. The van der Waals surface area contributed by atoms with E-state index in [4.69, 9.17) is 0 Å². The van der Waals surface area contributed by atoms with Crippen LogP contribution in [0.2, 0.25) is 0 Å². The van der Waals surface area contributed by atoms with Crippen molar-refractivity contribution in [1.82, 2.24) is 0 Å². The van der Waals surface area contributed by atoms with Gasteiger partial charge in [0.25, 0.3) is 0 Å². The van der Waals surface area contributed by atoms with Crippen molar-refractivity contribution in [1.29, 1.82) is 0 Å². The van der Waals surface area contributed by atoms with E-state index in [2.05, 4.69) is 11.3 Å². The lowest BCUT2D eigenvalue weighted by atomic mass is 10.3. The predicted molar refractivity (Wildman–Crippen MR) is 46.4 cm³/mol. The molecule has 0 saturated heterocycles. The number of ether oxygens (including phenoxy) is 1. The molecule has 0 aliphatic carbocycles. The summed E-state index contributed by atoms with van der Waals surface area (Å²) in [5, 5.41) is -0.722. The monoisotopic (exact) mass is 224 g/mol. The molecule has 1 aromatic rings. The molecular formula is C8H5F4OP. The molecule has 14 heavy (non-hydrogen) atoms. The molecule has 0 aromatic heterocycles. The van der Waals surface area contributed by atoms with E-state index in [1.54, 1.807) is 9.24 Å². The van der Waals surface area contributed by atoms with Crippen molar-refractivity contribution in [3.05, 3.63) is 36.1 Å². The van der Waals surface area contributed by atoms with Gasteiger partial charge in [0.1, 0.15) is 0 Å². The molecule has 1 nitrogen and oxygen atoms in total. The van der Waals surface area contributed by atoms with Gasteiger partial charge in [0.05, 0.1) is 6.26 Å². The van der Waals surface area contributed by atoms with E-state index in [1.807, 2.05) is 0 Å². The fourth-order valence-corrected chi connectivity index (χ4v) is 1.07. The van der Waals surface area contributed by atoms with Crippen molar-refractivity contribution >= 4 is 14.5 Å². The van der Waals surface area contributed by atoms with E-state index in [1.165, 1.54) is 0 Å². The maximum absolute atomic E-state index is 13.1. The van der Waals surface area contributed by atoms with E-state index >= 15 is 0 Å². The van der Waals surface area contributed by atoms with Crippen molar-refractivity contribution in [3.8, 4) is 5.75 Å². The largest absolute Gasteiger partial charge is 0.459 e. The molecule has 0 heterocycles. The average Bonchev–Trinajstić information content (AvgIpc) is 2.19. The number of halogens is 4. The van der Waals surface area contributed by atoms with Crippen LogP contribution in [0.3, 0.4) is 0 Å². The van der Waals surface area contributed by atoms with Gasteiger partial charge < -0.3 is 4.74 Å². The van der Waals surface area contributed by atoms with Crippen LogP contribution in [0.4, 0.5) is 17.6 Å². The first-order chi connectivity index (χ1) is 6.50. The zero-order valence-corrected chi connectivity index (χ0v) is 7.94. The molecule has 0 saturated carbocycles. The van der Waals surface area contributed by atoms with Crippen molar-refractivity contribution in [2.75, 3.05) is 0 Å². The lowest BCUT2D eigenvalue weighted by molar-refractivity contribution is 0.371. The lowest BCUT2D eigenvalue weighted by Gasteiger charge is -2.07. The Morgan fingerprint density at radius 1 is 1.00 bits per heavy atom. The molecule has 6 heteroatoms. The van der Waals surface area contributed by atoms with Crippen molar-refractivity contribution in [2.45, 2.75) is 0 Å². The normalized spacial score (nSPS) is 10.1. The molecular weight excluding hydrogens is 219 g/mol. The fraction of sp³-hybridized carbons (Fsp3) is 0. The van der Waals surface area contributed by atoms with Crippen LogP contribution in [0.15, 0.2) is 12.8 Å². The first kappa shape index (κ1) is 11.0. The van der Waals surface area contributed by atoms with Crippen molar-refractivity contribution in [3.63, 3.8) is 0 Å². The van der Waals surface area contributed by atoms with Gasteiger partial charge in [-0.1, -0.05) is 15.8 Å². The summed E-state index contributed by atoms with van der Waals surface area (Å²) in [4.78, 5) is 0. The highest BCUT2D eigenvalue weighted by Crippen LogP contribution is 2.26.